The molecule has 0 fully saturated rings. The minimum Gasteiger partial charge on any atom is -0.352 e. The van der Waals surface area contributed by atoms with Crippen molar-refractivity contribution in [1.29, 1.82) is 0 Å². The molecular formula is C17H14Cl3FN2O2. The lowest BCUT2D eigenvalue weighted by Gasteiger charge is -2.13. The first-order valence-electron chi connectivity index (χ1n) is 7.37. The molecule has 0 aliphatic carbocycles. The highest BCUT2D eigenvalue weighted by Crippen LogP contribution is 2.27. The van der Waals surface area contributed by atoms with Crippen LogP contribution in [-0.4, -0.2) is 18.4 Å². The lowest BCUT2D eigenvalue weighted by molar-refractivity contribution is 0.0954. The predicted molar refractivity (Wildman–Crippen MR) is 98.4 cm³/mol. The molecule has 0 spiro atoms. The summed E-state index contributed by atoms with van der Waals surface area (Å²) >= 11 is 17.5. The average Bonchev–Trinajstić information content (AvgIpc) is 2.56. The van der Waals surface area contributed by atoms with Crippen LogP contribution in [0.4, 0.5) is 10.1 Å². The Hall–Kier alpha value is -1.82. The van der Waals surface area contributed by atoms with Crippen molar-refractivity contribution in [2.75, 3.05) is 11.9 Å². The minimum atomic E-state index is -0.775. The van der Waals surface area contributed by atoms with Crippen molar-refractivity contribution < 1.29 is 14.0 Å². The van der Waals surface area contributed by atoms with Gasteiger partial charge in [-0.2, -0.15) is 0 Å². The second kappa shape index (κ2) is 8.52. The van der Waals surface area contributed by atoms with Gasteiger partial charge in [-0.25, -0.2) is 4.39 Å². The zero-order valence-electron chi connectivity index (χ0n) is 13.1. The van der Waals surface area contributed by atoms with Gasteiger partial charge in [0, 0.05) is 11.6 Å². The van der Waals surface area contributed by atoms with Gasteiger partial charge in [-0.1, -0.05) is 41.7 Å². The number of anilines is 1. The fraction of sp³-hybridized carbons (Fsp3) is 0.176. The SMILES string of the molecule is CCCNC(=O)c1ccc(Cl)cc1NC(=O)c1cc(F)c(Cl)cc1Cl. The van der Waals surface area contributed by atoms with Crippen LogP contribution in [0, 0.1) is 5.82 Å². The molecule has 0 radical (unpaired) electrons. The minimum absolute atomic E-state index is 0.0112. The number of carbonyl (C=O) groups excluding carboxylic acids is 2. The van der Waals surface area contributed by atoms with Crippen molar-refractivity contribution in [2.24, 2.45) is 0 Å². The molecule has 2 amide bonds. The molecule has 0 aliphatic rings. The first-order valence-corrected chi connectivity index (χ1v) is 8.50. The molecule has 0 saturated heterocycles. The third-order valence-electron chi connectivity index (χ3n) is 3.26. The molecule has 2 N–H and O–H groups in total. The van der Waals surface area contributed by atoms with E-state index in [1.165, 1.54) is 18.2 Å². The molecular weight excluding hydrogens is 390 g/mol. The lowest BCUT2D eigenvalue weighted by atomic mass is 10.1. The van der Waals surface area contributed by atoms with Crippen molar-refractivity contribution in [3.05, 3.63) is 62.3 Å². The van der Waals surface area contributed by atoms with Gasteiger partial charge in [-0.05, 0) is 36.8 Å². The number of benzene rings is 2. The van der Waals surface area contributed by atoms with E-state index in [-0.39, 0.29) is 32.8 Å². The van der Waals surface area contributed by atoms with Crippen LogP contribution in [0.2, 0.25) is 15.1 Å². The smallest absolute Gasteiger partial charge is 0.257 e. The summed E-state index contributed by atoms with van der Waals surface area (Å²) in [5, 5.41) is 5.37. The Labute approximate surface area is 159 Å². The van der Waals surface area contributed by atoms with Gasteiger partial charge in [0.15, 0.2) is 0 Å². The zero-order chi connectivity index (χ0) is 18.6. The van der Waals surface area contributed by atoms with Crippen molar-refractivity contribution in [3.8, 4) is 0 Å². The van der Waals surface area contributed by atoms with Crippen LogP contribution in [0.5, 0.6) is 0 Å². The number of amides is 2. The Morgan fingerprint density at radius 3 is 2.40 bits per heavy atom. The van der Waals surface area contributed by atoms with Gasteiger partial charge < -0.3 is 10.6 Å². The molecule has 0 aromatic heterocycles. The first-order chi connectivity index (χ1) is 11.8. The standard InChI is InChI=1S/C17H14Cl3FN2O2/c1-2-5-22-16(24)10-4-3-9(18)6-15(10)23-17(25)11-7-14(21)13(20)8-12(11)19/h3-4,6-8H,2,5H2,1H3,(H,22,24)(H,23,25). The molecule has 2 aromatic carbocycles. The van der Waals surface area contributed by atoms with Crippen LogP contribution in [-0.2, 0) is 0 Å². The molecule has 8 heteroatoms. The van der Waals surface area contributed by atoms with Crippen molar-refractivity contribution in [1.82, 2.24) is 5.32 Å². The summed E-state index contributed by atoms with van der Waals surface area (Å²) in [6.45, 7) is 2.41. The van der Waals surface area contributed by atoms with Crippen LogP contribution in [0.15, 0.2) is 30.3 Å². The highest BCUT2D eigenvalue weighted by Gasteiger charge is 2.18. The average molecular weight is 404 g/mol. The summed E-state index contributed by atoms with van der Waals surface area (Å²) in [4.78, 5) is 24.6. The van der Waals surface area contributed by atoms with E-state index in [4.69, 9.17) is 34.8 Å². The van der Waals surface area contributed by atoms with Crippen molar-refractivity contribution in [3.63, 3.8) is 0 Å². The van der Waals surface area contributed by atoms with E-state index in [0.717, 1.165) is 18.6 Å². The Morgan fingerprint density at radius 2 is 1.72 bits per heavy atom. The van der Waals surface area contributed by atoms with Gasteiger partial charge in [0.25, 0.3) is 11.8 Å². The van der Waals surface area contributed by atoms with E-state index < -0.39 is 11.7 Å². The third-order valence-corrected chi connectivity index (χ3v) is 4.10. The second-order valence-corrected chi connectivity index (χ2v) is 6.40. The zero-order valence-corrected chi connectivity index (χ0v) is 15.4. The van der Waals surface area contributed by atoms with E-state index >= 15 is 0 Å². The molecule has 4 nitrogen and oxygen atoms in total. The second-order valence-electron chi connectivity index (χ2n) is 5.15. The van der Waals surface area contributed by atoms with Gasteiger partial charge in [0.1, 0.15) is 5.82 Å². The van der Waals surface area contributed by atoms with Gasteiger partial charge >= 0.3 is 0 Å². The Morgan fingerprint density at radius 1 is 1.00 bits per heavy atom. The van der Waals surface area contributed by atoms with Crippen molar-refractivity contribution in [2.45, 2.75) is 13.3 Å². The Bertz CT molecular complexity index is 828. The maximum atomic E-state index is 13.6. The van der Waals surface area contributed by atoms with Crippen LogP contribution in [0.3, 0.4) is 0 Å². The van der Waals surface area contributed by atoms with Crippen LogP contribution in [0.1, 0.15) is 34.1 Å². The Balaban J connectivity index is 2.33. The summed E-state index contributed by atoms with van der Waals surface area (Å²) in [6, 6.07) is 6.53. The number of carbonyl (C=O) groups is 2. The maximum absolute atomic E-state index is 13.6. The summed E-state index contributed by atoms with van der Waals surface area (Å²) in [7, 11) is 0. The fourth-order valence-electron chi connectivity index (χ4n) is 2.04. The largest absolute Gasteiger partial charge is 0.352 e. The first kappa shape index (κ1) is 19.5. The Kier molecular flexibility index (Phi) is 6.64. The summed E-state index contributed by atoms with van der Waals surface area (Å²) < 4.78 is 13.6. The molecule has 0 unspecified atom stereocenters. The van der Waals surface area contributed by atoms with Gasteiger partial charge in [-0.3, -0.25) is 9.59 Å². The molecule has 0 aliphatic heterocycles. The van der Waals surface area contributed by atoms with E-state index in [9.17, 15) is 14.0 Å². The summed E-state index contributed by atoms with van der Waals surface area (Å²) in [5.74, 6) is -1.82. The maximum Gasteiger partial charge on any atom is 0.257 e. The fourth-order valence-corrected chi connectivity index (χ4v) is 2.68. The number of halogens is 4. The topological polar surface area (TPSA) is 58.2 Å². The highest BCUT2D eigenvalue weighted by atomic mass is 35.5. The normalized spacial score (nSPS) is 10.4. The molecule has 2 aromatic rings. The molecule has 25 heavy (non-hydrogen) atoms. The number of rotatable bonds is 5. The highest BCUT2D eigenvalue weighted by molar-refractivity contribution is 6.37. The molecule has 0 bridgehead atoms. The van der Waals surface area contributed by atoms with Crippen LogP contribution in [0.25, 0.3) is 0 Å². The third kappa shape index (κ3) is 4.84. The molecule has 2 rings (SSSR count). The molecule has 0 saturated carbocycles. The van der Waals surface area contributed by atoms with E-state index in [2.05, 4.69) is 10.6 Å². The molecule has 0 heterocycles. The quantitative estimate of drug-likeness (QED) is 0.676. The number of hydrogen-bond donors (Lipinski definition) is 2. The monoisotopic (exact) mass is 402 g/mol. The molecule has 0 atom stereocenters. The predicted octanol–water partition coefficient (Wildman–Crippen LogP) is 5.18. The number of hydrogen-bond acceptors (Lipinski definition) is 2. The van der Waals surface area contributed by atoms with Crippen LogP contribution >= 0.6 is 34.8 Å². The van der Waals surface area contributed by atoms with Gasteiger partial charge in [0.05, 0.1) is 26.9 Å². The van der Waals surface area contributed by atoms with Crippen molar-refractivity contribution >= 4 is 52.3 Å². The van der Waals surface area contributed by atoms with Gasteiger partial charge in [-0.15, -0.1) is 0 Å². The number of nitrogens with one attached hydrogen (secondary N) is 2. The molecule has 132 valence electrons. The van der Waals surface area contributed by atoms with Gasteiger partial charge in [0.2, 0.25) is 0 Å². The van der Waals surface area contributed by atoms with E-state index in [0.29, 0.717) is 11.6 Å². The van der Waals surface area contributed by atoms with Crippen LogP contribution < -0.4 is 10.6 Å². The summed E-state index contributed by atoms with van der Waals surface area (Å²) in [5.41, 5.74) is 0.317. The van der Waals surface area contributed by atoms with E-state index in [1.54, 1.807) is 0 Å². The summed E-state index contributed by atoms with van der Waals surface area (Å²) in [6.07, 6.45) is 0.765. The van der Waals surface area contributed by atoms with E-state index in [1.807, 2.05) is 6.92 Å². The lowest BCUT2D eigenvalue weighted by Crippen LogP contribution is -2.26.